The van der Waals surface area contributed by atoms with Crippen molar-refractivity contribution in [2.75, 3.05) is 6.54 Å². The van der Waals surface area contributed by atoms with E-state index < -0.39 is 17.2 Å². The van der Waals surface area contributed by atoms with Crippen LogP contribution in [-0.2, 0) is 11.2 Å². The van der Waals surface area contributed by atoms with Crippen LogP contribution in [0.1, 0.15) is 32.8 Å². The molecule has 20 heavy (non-hydrogen) atoms. The van der Waals surface area contributed by atoms with Crippen molar-refractivity contribution < 1.29 is 13.6 Å². The van der Waals surface area contributed by atoms with Crippen molar-refractivity contribution in [1.29, 1.82) is 0 Å². The van der Waals surface area contributed by atoms with Crippen molar-refractivity contribution in [2.24, 2.45) is 11.7 Å². The van der Waals surface area contributed by atoms with E-state index >= 15 is 0 Å². The van der Waals surface area contributed by atoms with Gasteiger partial charge in [0.2, 0.25) is 5.91 Å². The van der Waals surface area contributed by atoms with Crippen molar-refractivity contribution >= 4 is 5.91 Å². The standard InChI is InChI=1S/C15H22F2N2O/c1-10(2)15(3,9-18)19-14(20)7-4-11-8-12(16)5-6-13(11)17/h5-6,8,10H,4,7,9,18H2,1-3H3,(H,19,20). The molecule has 0 saturated heterocycles. The van der Waals surface area contributed by atoms with Gasteiger partial charge >= 0.3 is 0 Å². The summed E-state index contributed by atoms with van der Waals surface area (Å²) in [6, 6.07) is 3.25. The minimum Gasteiger partial charge on any atom is -0.349 e. The zero-order chi connectivity index (χ0) is 15.3. The zero-order valence-corrected chi connectivity index (χ0v) is 12.2. The van der Waals surface area contributed by atoms with E-state index in [-0.39, 0.29) is 30.2 Å². The molecule has 3 nitrogen and oxygen atoms in total. The highest BCUT2D eigenvalue weighted by Crippen LogP contribution is 2.16. The van der Waals surface area contributed by atoms with Crippen LogP contribution in [0.4, 0.5) is 8.78 Å². The Kier molecular flexibility index (Phi) is 5.62. The van der Waals surface area contributed by atoms with Crippen molar-refractivity contribution in [3.8, 4) is 0 Å². The Hall–Kier alpha value is -1.49. The number of carbonyl (C=O) groups is 1. The lowest BCUT2D eigenvalue weighted by Crippen LogP contribution is -2.55. The summed E-state index contributed by atoms with van der Waals surface area (Å²) in [4.78, 5) is 11.9. The summed E-state index contributed by atoms with van der Waals surface area (Å²) >= 11 is 0. The summed E-state index contributed by atoms with van der Waals surface area (Å²) in [5.74, 6) is -1.03. The first-order chi connectivity index (χ1) is 9.28. The lowest BCUT2D eigenvalue weighted by atomic mass is 9.88. The highest BCUT2D eigenvalue weighted by Gasteiger charge is 2.28. The fraction of sp³-hybridized carbons (Fsp3) is 0.533. The molecular weight excluding hydrogens is 262 g/mol. The molecule has 0 saturated carbocycles. The number of hydrogen-bond donors (Lipinski definition) is 2. The van der Waals surface area contributed by atoms with Crippen molar-refractivity contribution in [3.63, 3.8) is 0 Å². The van der Waals surface area contributed by atoms with E-state index in [0.717, 1.165) is 18.2 Å². The molecule has 1 aromatic carbocycles. The average Bonchev–Trinajstić information content (AvgIpc) is 2.39. The molecule has 0 aliphatic heterocycles. The predicted molar refractivity (Wildman–Crippen MR) is 75.1 cm³/mol. The SMILES string of the molecule is CC(C)C(C)(CN)NC(=O)CCc1cc(F)ccc1F. The van der Waals surface area contributed by atoms with Crippen LogP contribution in [0.3, 0.4) is 0 Å². The van der Waals surface area contributed by atoms with E-state index in [9.17, 15) is 13.6 Å². The summed E-state index contributed by atoms with van der Waals surface area (Å²) in [6.07, 6.45) is 0.261. The Labute approximate surface area is 118 Å². The van der Waals surface area contributed by atoms with Gasteiger partial charge < -0.3 is 11.1 Å². The molecule has 0 aliphatic carbocycles. The Morgan fingerprint density at radius 2 is 2.05 bits per heavy atom. The quantitative estimate of drug-likeness (QED) is 0.842. The maximum Gasteiger partial charge on any atom is 0.220 e. The van der Waals surface area contributed by atoms with Gasteiger partial charge in [-0.25, -0.2) is 8.78 Å². The molecule has 0 aromatic heterocycles. The second-order valence-corrected chi connectivity index (χ2v) is 5.56. The summed E-state index contributed by atoms with van der Waals surface area (Å²) in [5.41, 5.74) is 5.40. The molecule has 1 amide bonds. The molecule has 112 valence electrons. The fourth-order valence-electron chi connectivity index (χ4n) is 1.80. The molecule has 3 N–H and O–H groups in total. The Bertz CT molecular complexity index is 477. The van der Waals surface area contributed by atoms with Crippen LogP contribution in [0.5, 0.6) is 0 Å². The Morgan fingerprint density at radius 3 is 2.60 bits per heavy atom. The number of nitrogens with two attached hydrogens (primary N) is 1. The monoisotopic (exact) mass is 284 g/mol. The third-order valence-electron chi connectivity index (χ3n) is 3.75. The van der Waals surface area contributed by atoms with E-state index in [2.05, 4.69) is 5.32 Å². The van der Waals surface area contributed by atoms with Crippen LogP contribution < -0.4 is 11.1 Å². The number of hydrogen-bond acceptors (Lipinski definition) is 2. The molecule has 0 heterocycles. The highest BCUT2D eigenvalue weighted by atomic mass is 19.1. The lowest BCUT2D eigenvalue weighted by Gasteiger charge is -2.33. The zero-order valence-electron chi connectivity index (χ0n) is 12.2. The van der Waals surface area contributed by atoms with Crippen molar-refractivity contribution in [2.45, 2.75) is 39.2 Å². The van der Waals surface area contributed by atoms with Gasteiger partial charge in [-0.1, -0.05) is 13.8 Å². The topological polar surface area (TPSA) is 55.1 Å². The first-order valence-electron chi connectivity index (χ1n) is 6.73. The molecule has 0 bridgehead atoms. The smallest absolute Gasteiger partial charge is 0.220 e. The number of benzene rings is 1. The van der Waals surface area contributed by atoms with Crippen LogP contribution in [0.15, 0.2) is 18.2 Å². The Balaban J connectivity index is 2.62. The third kappa shape index (κ3) is 4.27. The summed E-state index contributed by atoms with van der Waals surface area (Å²) in [5, 5.41) is 2.87. The Morgan fingerprint density at radius 1 is 1.40 bits per heavy atom. The van der Waals surface area contributed by atoms with Gasteiger partial charge in [0.1, 0.15) is 11.6 Å². The van der Waals surface area contributed by atoms with E-state index in [1.165, 1.54) is 0 Å². The lowest BCUT2D eigenvalue weighted by molar-refractivity contribution is -0.123. The van der Waals surface area contributed by atoms with Gasteiger partial charge in [0.25, 0.3) is 0 Å². The third-order valence-corrected chi connectivity index (χ3v) is 3.75. The number of carbonyl (C=O) groups excluding carboxylic acids is 1. The predicted octanol–water partition coefficient (Wildman–Crippen LogP) is 2.39. The number of aryl methyl sites for hydroxylation is 1. The molecule has 1 atom stereocenters. The van der Waals surface area contributed by atoms with Crippen LogP contribution in [0, 0.1) is 17.6 Å². The van der Waals surface area contributed by atoms with E-state index in [1.807, 2.05) is 20.8 Å². The highest BCUT2D eigenvalue weighted by molar-refractivity contribution is 5.77. The summed E-state index contributed by atoms with van der Waals surface area (Å²) in [6.45, 7) is 6.14. The summed E-state index contributed by atoms with van der Waals surface area (Å²) in [7, 11) is 0. The fourth-order valence-corrected chi connectivity index (χ4v) is 1.80. The molecule has 5 heteroatoms. The maximum absolute atomic E-state index is 13.4. The van der Waals surface area contributed by atoms with E-state index in [0.29, 0.717) is 6.54 Å². The first kappa shape index (κ1) is 16.6. The molecule has 1 aromatic rings. The molecule has 1 unspecified atom stereocenters. The molecule has 0 spiro atoms. The van der Waals surface area contributed by atoms with Gasteiger partial charge in [0, 0.05) is 13.0 Å². The van der Waals surface area contributed by atoms with Crippen molar-refractivity contribution in [3.05, 3.63) is 35.4 Å². The van der Waals surface area contributed by atoms with Gasteiger partial charge in [0.15, 0.2) is 0 Å². The molecule has 0 fully saturated rings. The van der Waals surface area contributed by atoms with Gasteiger partial charge in [-0.05, 0) is 43.0 Å². The normalized spacial score (nSPS) is 14.2. The van der Waals surface area contributed by atoms with Gasteiger partial charge in [-0.3, -0.25) is 4.79 Å². The summed E-state index contributed by atoms with van der Waals surface area (Å²) < 4.78 is 26.5. The van der Waals surface area contributed by atoms with E-state index in [1.54, 1.807) is 0 Å². The number of halogens is 2. The second kappa shape index (κ2) is 6.79. The van der Waals surface area contributed by atoms with Gasteiger partial charge in [-0.2, -0.15) is 0 Å². The van der Waals surface area contributed by atoms with Crippen LogP contribution in [0.2, 0.25) is 0 Å². The minimum atomic E-state index is -0.504. The van der Waals surface area contributed by atoms with Crippen LogP contribution in [-0.4, -0.2) is 18.0 Å². The van der Waals surface area contributed by atoms with Gasteiger partial charge in [0.05, 0.1) is 5.54 Å². The first-order valence-corrected chi connectivity index (χ1v) is 6.73. The molecule has 0 aliphatic rings. The van der Waals surface area contributed by atoms with Crippen LogP contribution >= 0.6 is 0 Å². The molecule has 1 rings (SSSR count). The number of nitrogens with one attached hydrogen (secondary N) is 1. The largest absolute Gasteiger partial charge is 0.349 e. The molecular formula is C15H22F2N2O. The van der Waals surface area contributed by atoms with Crippen molar-refractivity contribution in [1.82, 2.24) is 5.32 Å². The minimum absolute atomic E-state index is 0.0999. The maximum atomic E-state index is 13.4. The van der Waals surface area contributed by atoms with Gasteiger partial charge in [-0.15, -0.1) is 0 Å². The van der Waals surface area contributed by atoms with Crippen LogP contribution in [0.25, 0.3) is 0 Å². The molecule has 0 radical (unpaired) electrons. The second-order valence-electron chi connectivity index (χ2n) is 5.56. The van der Waals surface area contributed by atoms with E-state index in [4.69, 9.17) is 5.73 Å². The number of amides is 1. The average molecular weight is 284 g/mol. The number of rotatable bonds is 6.